The summed E-state index contributed by atoms with van der Waals surface area (Å²) in [4.78, 5) is 50.8. The molecule has 1 fully saturated rings. The van der Waals surface area contributed by atoms with E-state index in [0.29, 0.717) is 0 Å². The van der Waals surface area contributed by atoms with Crippen LogP contribution in [-0.4, -0.2) is 44.9 Å². The van der Waals surface area contributed by atoms with Crippen molar-refractivity contribution in [1.29, 1.82) is 0 Å². The first-order valence-electron chi connectivity index (χ1n) is 5.74. The molecule has 2 atom stereocenters. The van der Waals surface area contributed by atoms with Crippen molar-refractivity contribution in [3.8, 4) is 0 Å². The van der Waals surface area contributed by atoms with Crippen molar-refractivity contribution in [2.45, 2.75) is 6.92 Å². The molecule has 8 heteroatoms. The number of amides is 1. The monoisotopic (exact) mass is 267 g/mol. The first-order valence-corrected chi connectivity index (χ1v) is 5.74. The summed E-state index contributed by atoms with van der Waals surface area (Å²) >= 11 is 0. The average Bonchev–Trinajstić information content (AvgIpc) is 2.69. The Morgan fingerprint density at radius 3 is 2.53 bits per heavy atom. The molecule has 1 aliphatic heterocycles. The van der Waals surface area contributed by atoms with Gasteiger partial charge < -0.3 is 15.0 Å². The fraction of sp³-hybridized carbons (Fsp3) is 0.455. The highest BCUT2D eigenvalue weighted by Gasteiger charge is 2.37. The zero-order valence-corrected chi connectivity index (χ0v) is 10.2. The lowest BCUT2D eigenvalue weighted by molar-refractivity contribution is -0.142. The Bertz CT molecular complexity index is 603. The summed E-state index contributed by atoms with van der Waals surface area (Å²) in [5.74, 6) is -2.30. The summed E-state index contributed by atoms with van der Waals surface area (Å²) in [5.41, 5.74) is -1.57. The van der Waals surface area contributed by atoms with Crippen LogP contribution in [0.5, 0.6) is 0 Å². The Hall–Kier alpha value is -2.38. The number of carboxylic acid groups (broad SMARTS) is 1. The van der Waals surface area contributed by atoms with Gasteiger partial charge in [0.05, 0.1) is 5.92 Å². The first-order chi connectivity index (χ1) is 8.88. The van der Waals surface area contributed by atoms with E-state index in [2.05, 4.69) is 4.98 Å². The molecule has 2 heterocycles. The van der Waals surface area contributed by atoms with Crippen molar-refractivity contribution >= 4 is 11.9 Å². The van der Waals surface area contributed by atoms with E-state index in [0.717, 1.165) is 6.07 Å². The van der Waals surface area contributed by atoms with Gasteiger partial charge in [0, 0.05) is 19.2 Å². The molecule has 0 saturated carbocycles. The van der Waals surface area contributed by atoms with Gasteiger partial charge in [-0.15, -0.1) is 0 Å². The number of aliphatic carboxylic acids is 1. The lowest BCUT2D eigenvalue weighted by Gasteiger charge is -2.15. The molecular weight excluding hydrogens is 254 g/mol. The zero-order chi connectivity index (χ0) is 14.2. The van der Waals surface area contributed by atoms with E-state index < -0.39 is 29.0 Å². The average molecular weight is 267 g/mol. The summed E-state index contributed by atoms with van der Waals surface area (Å²) in [5, 5.41) is 8.99. The van der Waals surface area contributed by atoms with Crippen LogP contribution < -0.4 is 11.2 Å². The molecule has 0 unspecified atom stereocenters. The SMILES string of the molecule is C[C@@H]1CN(C(=O)c2cc(=O)[nH]c(=O)[nH]2)C[C@H]1C(=O)O. The summed E-state index contributed by atoms with van der Waals surface area (Å²) < 4.78 is 0. The molecule has 1 aliphatic rings. The van der Waals surface area contributed by atoms with E-state index in [1.165, 1.54) is 4.90 Å². The maximum Gasteiger partial charge on any atom is 0.326 e. The number of hydrogen-bond acceptors (Lipinski definition) is 4. The topological polar surface area (TPSA) is 123 Å². The van der Waals surface area contributed by atoms with Crippen molar-refractivity contribution in [3.05, 3.63) is 32.6 Å². The third kappa shape index (κ3) is 2.56. The molecule has 3 N–H and O–H groups in total. The maximum absolute atomic E-state index is 12.1. The van der Waals surface area contributed by atoms with Crippen LogP contribution in [0, 0.1) is 11.8 Å². The first kappa shape index (κ1) is 13.1. The van der Waals surface area contributed by atoms with Crippen molar-refractivity contribution < 1.29 is 14.7 Å². The number of nitrogens with one attached hydrogen (secondary N) is 2. The molecular formula is C11H13N3O5. The molecule has 1 amide bonds. The normalized spacial score (nSPS) is 22.5. The lowest BCUT2D eigenvalue weighted by Crippen LogP contribution is -2.34. The number of rotatable bonds is 2. The van der Waals surface area contributed by atoms with E-state index in [9.17, 15) is 19.2 Å². The van der Waals surface area contributed by atoms with Crippen molar-refractivity contribution in [2.75, 3.05) is 13.1 Å². The summed E-state index contributed by atoms with van der Waals surface area (Å²) in [7, 11) is 0. The minimum atomic E-state index is -0.956. The van der Waals surface area contributed by atoms with Crippen LogP contribution in [0.4, 0.5) is 0 Å². The van der Waals surface area contributed by atoms with Gasteiger partial charge in [0.1, 0.15) is 5.69 Å². The van der Waals surface area contributed by atoms with Crippen LogP contribution in [0.15, 0.2) is 15.7 Å². The zero-order valence-electron chi connectivity index (χ0n) is 10.2. The molecule has 8 nitrogen and oxygen atoms in total. The number of aromatic amines is 2. The standard InChI is InChI=1S/C11H13N3O5/c1-5-3-14(4-6(5)10(17)18)9(16)7-2-8(15)13-11(19)12-7/h2,5-6H,3-4H2,1H3,(H,17,18)(H2,12,13,15,19)/t5-,6-/m1/s1. The molecule has 0 spiro atoms. The number of nitrogens with zero attached hydrogens (tertiary/aromatic N) is 1. The number of carboxylic acids is 1. The highest BCUT2D eigenvalue weighted by Crippen LogP contribution is 2.23. The van der Waals surface area contributed by atoms with Crippen LogP contribution >= 0.6 is 0 Å². The van der Waals surface area contributed by atoms with Gasteiger partial charge in [0.2, 0.25) is 0 Å². The van der Waals surface area contributed by atoms with Gasteiger partial charge in [-0.05, 0) is 5.92 Å². The quantitative estimate of drug-likeness (QED) is 0.624. The summed E-state index contributed by atoms with van der Waals surface area (Å²) in [6.07, 6.45) is 0. The van der Waals surface area contributed by atoms with Gasteiger partial charge in [-0.2, -0.15) is 0 Å². The number of H-pyrrole nitrogens is 2. The van der Waals surface area contributed by atoms with Crippen molar-refractivity contribution in [3.63, 3.8) is 0 Å². The smallest absolute Gasteiger partial charge is 0.326 e. The second-order valence-electron chi connectivity index (χ2n) is 4.63. The minimum Gasteiger partial charge on any atom is -0.481 e. The van der Waals surface area contributed by atoms with Crippen LogP contribution in [0.25, 0.3) is 0 Å². The number of hydrogen-bond donors (Lipinski definition) is 3. The number of aromatic nitrogens is 2. The van der Waals surface area contributed by atoms with E-state index in [-0.39, 0.29) is 24.7 Å². The molecule has 0 radical (unpaired) electrons. The van der Waals surface area contributed by atoms with E-state index in [1.54, 1.807) is 6.92 Å². The third-order valence-corrected chi connectivity index (χ3v) is 3.21. The Morgan fingerprint density at radius 2 is 2.00 bits per heavy atom. The largest absolute Gasteiger partial charge is 0.481 e. The second kappa shape index (κ2) is 4.71. The molecule has 1 aromatic rings. The highest BCUT2D eigenvalue weighted by molar-refractivity contribution is 5.92. The second-order valence-corrected chi connectivity index (χ2v) is 4.63. The number of likely N-dealkylation sites (tertiary alicyclic amines) is 1. The van der Waals surface area contributed by atoms with Gasteiger partial charge in [0.15, 0.2) is 0 Å². The van der Waals surface area contributed by atoms with Gasteiger partial charge in [-0.3, -0.25) is 19.4 Å². The van der Waals surface area contributed by atoms with Gasteiger partial charge in [-0.25, -0.2) is 4.79 Å². The van der Waals surface area contributed by atoms with E-state index >= 15 is 0 Å². The van der Waals surface area contributed by atoms with Gasteiger partial charge in [0.25, 0.3) is 11.5 Å². The van der Waals surface area contributed by atoms with Crippen molar-refractivity contribution in [1.82, 2.24) is 14.9 Å². The predicted molar refractivity (Wildman–Crippen MR) is 63.9 cm³/mol. The van der Waals surface area contributed by atoms with E-state index in [4.69, 9.17) is 5.11 Å². The van der Waals surface area contributed by atoms with Crippen LogP contribution in [0.1, 0.15) is 17.4 Å². The van der Waals surface area contributed by atoms with Gasteiger partial charge >= 0.3 is 11.7 Å². The number of carbonyl (C=O) groups is 2. The Balaban J connectivity index is 2.24. The Kier molecular flexibility index (Phi) is 3.24. The molecule has 1 aromatic heterocycles. The molecule has 0 aliphatic carbocycles. The summed E-state index contributed by atoms with van der Waals surface area (Å²) in [6.45, 7) is 2.10. The Labute approximate surface area is 107 Å². The lowest BCUT2D eigenvalue weighted by atomic mass is 9.99. The minimum absolute atomic E-state index is 0.0736. The Morgan fingerprint density at radius 1 is 1.32 bits per heavy atom. The third-order valence-electron chi connectivity index (χ3n) is 3.21. The molecule has 19 heavy (non-hydrogen) atoms. The predicted octanol–water partition coefficient (Wildman–Crippen LogP) is -1.14. The molecule has 1 saturated heterocycles. The van der Waals surface area contributed by atoms with Crippen LogP contribution in [0.3, 0.4) is 0 Å². The number of carbonyl (C=O) groups excluding carboxylic acids is 1. The molecule has 0 bridgehead atoms. The molecule has 102 valence electrons. The highest BCUT2D eigenvalue weighted by atomic mass is 16.4. The van der Waals surface area contributed by atoms with Crippen LogP contribution in [-0.2, 0) is 4.79 Å². The fourth-order valence-corrected chi connectivity index (χ4v) is 2.21. The van der Waals surface area contributed by atoms with Crippen molar-refractivity contribution in [2.24, 2.45) is 11.8 Å². The molecule has 0 aromatic carbocycles. The fourth-order valence-electron chi connectivity index (χ4n) is 2.21. The van der Waals surface area contributed by atoms with Gasteiger partial charge in [-0.1, -0.05) is 6.92 Å². The molecule has 2 rings (SSSR count). The van der Waals surface area contributed by atoms with E-state index in [1.807, 2.05) is 4.98 Å². The summed E-state index contributed by atoms with van der Waals surface area (Å²) in [6, 6.07) is 0.989. The van der Waals surface area contributed by atoms with Crippen LogP contribution in [0.2, 0.25) is 0 Å². The maximum atomic E-state index is 12.1.